The predicted octanol–water partition coefficient (Wildman–Crippen LogP) is 4.08. The van der Waals surface area contributed by atoms with E-state index < -0.39 is 47.3 Å². The van der Waals surface area contributed by atoms with Crippen LogP contribution in [0.4, 0.5) is 0 Å². The maximum Gasteiger partial charge on any atom is 0.309 e. The fourth-order valence-electron chi connectivity index (χ4n) is 5.42. The van der Waals surface area contributed by atoms with E-state index in [1.807, 2.05) is 39.2 Å². The van der Waals surface area contributed by atoms with Gasteiger partial charge in [-0.1, -0.05) is 13.3 Å². The summed E-state index contributed by atoms with van der Waals surface area (Å²) >= 11 is 1.54. The molecule has 3 heterocycles. The third kappa shape index (κ3) is 6.68. The molecule has 37 heavy (non-hydrogen) atoms. The van der Waals surface area contributed by atoms with Gasteiger partial charge < -0.3 is 24.4 Å². The second-order valence-corrected chi connectivity index (χ2v) is 12.7. The number of cyclic esters (lactones) is 1. The van der Waals surface area contributed by atoms with Gasteiger partial charge in [-0.15, -0.1) is 11.3 Å². The van der Waals surface area contributed by atoms with Crippen molar-refractivity contribution in [2.45, 2.75) is 110 Å². The van der Waals surface area contributed by atoms with Crippen LogP contribution < -0.4 is 0 Å². The molecule has 0 aliphatic carbocycles. The van der Waals surface area contributed by atoms with E-state index in [2.05, 4.69) is 4.98 Å². The van der Waals surface area contributed by atoms with E-state index in [9.17, 15) is 19.8 Å². The summed E-state index contributed by atoms with van der Waals surface area (Å²) in [7, 11) is 1.58. The van der Waals surface area contributed by atoms with Crippen LogP contribution in [0.15, 0.2) is 11.0 Å². The molecule has 0 radical (unpaired) electrons. The van der Waals surface area contributed by atoms with Gasteiger partial charge in [0.2, 0.25) is 0 Å². The maximum absolute atomic E-state index is 13.2. The number of rotatable bonds is 3. The molecule has 8 nitrogen and oxygen atoms in total. The zero-order valence-electron chi connectivity index (χ0n) is 23.4. The number of nitrogens with zero attached hydrogens (tertiary/aromatic N) is 1. The smallest absolute Gasteiger partial charge is 0.309 e. The number of carbonyl (C=O) groups is 1. The van der Waals surface area contributed by atoms with Crippen LogP contribution in [0, 0.1) is 24.2 Å². The number of ether oxygens (including phenoxy) is 3. The first-order valence-corrected chi connectivity index (χ1v) is 14.0. The molecule has 2 saturated heterocycles. The lowest BCUT2D eigenvalue weighted by Crippen LogP contribution is -2.46. The van der Waals surface area contributed by atoms with E-state index in [1.54, 1.807) is 27.9 Å². The topological polar surface area (TPSA) is 123 Å². The van der Waals surface area contributed by atoms with E-state index in [1.165, 1.54) is 11.3 Å². The molecule has 1 aromatic heterocycles. The van der Waals surface area contributed by atoms with Crippen LogP contribution in [0.2, 0.25) is 0 Å². The highest BCUT2D eigenvalue weighted by atomic mass is 32.1. The van der Waals surface area contributed by atoms with Crippen LogP contribution in [0.1, 0.15) is 77.9 Å². The van der Waals surface area contributed by atoms with Crippen molar-refractivity contribution in [3.8, 4) is 0 Å². The number of methoxy groups -OCH3 is 1. The Morgan fingerprint density at radius 2 is 1.97 bits per heavy atom. The van der Waals surface area contributed by atoms with Crippen LogP contribution in [-0.4, -0.2) is 75.0 Å². The normalized spacial score (nSPS) is 38.1. The number of aromatic nitrogens is 1. The highest BCUT2D eigenvalue weighted by Gasteiger charge is 2.59. The van der Waals surface area contributed by atoms with Crippen molar-refractivity contribution >= 4 is 29.2 Å². The van der Waals surface area contributed by atoms with E-state index in [-0.39, 0.29) is 24.2 Å². The highest BCUT2D eigenvalue weighted by molar-refractivity contribution is 7.09. The molecule has 2 aliphatic heterocycles. The lowest BCUT2D eigenvalue weighted by Gasteiger charge is -2.32. The van der Waals surface area contributed by atoms with Gasteiger partial charge >= 0.3 is 11.8 Å². The number of carbonyl (C=O) groups excluding carboxylic acids is 2. The van der Waals surface area contributed by atoms with Crippen LogP contribution in [0.5, 0.6) is 0 Å². The summed E-state index contributed by atoms with van der Waals surface area (Å²) in [6, 6.07) is 0. The molecule has 0 bridgehead atoms. The fraction of sp³-hybridized carbons (Fsp3) is 0.750. The van der Waals surface area contributed by atoms with E-state index in [0.29, 0.717) is 0 Å². The number of ketones is 1. The van der Waals surface area contributed by atoms with E-state index in [0.717, 1.165) is 35.5 Å². The van der Waals surface area contributed by atoms with Crippen molar-refractivity contribution in [2.75, 3.05) is 7.11 Å². The fourth-order valence-corrected chi connectivity index (χ4v) is 5.99. The SMILES string of the molecule is COC1[C@@H](/C(C)=C/c2csc(C)n2)OC(=O)C[C@H](O)C(C)(C)C(=[OH+])[C@H](C)[C@@H](O)[C@@H](C)CCC[C@@]2(C)O[C@@H]12. The van der Waals surface area contributed by atoms with Gasteiger partial charge in [0.25, 0.3) is 0 Å². The molecule has 8 atom stereocenters. The van der Waals surface area contributed by atoms with E-state index in [4.69, 9.17) is 14.2 Å². The number of epoxide rings is 1. The summed E-state index contributed by atoms with van der Waals surface area (Å²) in [5, 5.41) is 24.8. The van der Waals surface area contributed by atoms with Gasteiger partial charge in [0.05, 0.1) is 40.8 Å². The second-order valence-electron chi connectivity index (χ2n) is 11.6. The number of fused-ring (bicyclic) bond motifs is 1. The Bertz CT molecular complexity index is 1000. The molecule has 208 valence electrons. The van der Waals surface area contributed by atoms with Crippen LogP contribution in [0.3, 0.4) is 0 Å². The Morgan fingerprint density at radius 3 is 2.57 bits per heavy atom. The van der Waals surface area contributed by atoms with Crippen LogP contribution >= 0.6 is 11.3 Å². The largest absolute Gasteiger partial charge is 0.455 e. The summed E-state index contributed by atoms with van der Waals surface area (Å²) in [4.78, 5) is 28.7. The molecule has 1 aromatic rings. The minimum absolute atomic E-state index is 0.0295. The molecular weight excluding hydrogens is 494 g/mol. The Labute approximate surface area is 224 Å². The predicted molar refractivity (Wildman–Crippen MR) is 144 cm³/mol. The van der Waals surface area contributed by atoms with Crippen LogP contribution in [-0.2, 0) is 19.0 Å². The van der Waals surface area contributed by atoms with Gasteiger partial charge in [0.1, 0.15) is 17.6 Å². The minimum Gasteiger partial charge on any atom is -0.455 e. The molecule has 0 saturated carbocycles. The summed E-state index contributed by atoms with van der Waals surface area (Å²) in [5.41, 5.74) is -0.0304. The lowest BCUT2D eigenvalue weighted by molar-refractivity contribution is -0.157. The number of aliphatic hydroxyl groups excluding tert-OH is 2. The zero-order valence-corrected chi connectivity index (χ0v) is 24.2. The van der Waals surface area contributed by atoms with Gasteiger partial charge in [0, 0.05) is 12.5 Å². The Kier molecular flexibility index (Phi) is 9.39. The third-order valence-corrected chi connectivity index (χ3v) is 9.03. The maximum atomic E-state index is 13.2. The Morgan fingerprint density at radius 1 is 1.30 bits per heavy atom. The molecule has 3 rings (SSSR count). The van der Waals surface area contributed by atoms with E-state index >= 15 is 0 Å². The highest BCUT2D eigenvalue weighted by Crippen LogP contribution is 2.46. The second kappa shape index (κ2) is 11.6. The summed E-state index contributed by atoms with van der Waals surface area (Å²) in [5.74, 6) is -1.28. The number of hydrogen-bond acceptors (Lipinski definition) is 8. The van der Waals surface area contributed by atoms with Crippen molar-refractivity contribution in [1.29, 1.82) is 0 Å². The standard InChI is InChI=1S/C28H43NO7S/c1-15-10-9-11-28(7)26(36-28)24(34-8)23(16(2)12-19-14-37-18(4)29-19)35-21(31)13-20(30)27(5,6)25(33)17(3)22(15)32/h12,14-15,17,20,22-24,26,30,32H,9-11,13H2,1-8H3/p+1/b16-12+/t15-,17+,20-,22-,23+,24?,26-,28+/m0/s1. The number of esters is 1. The number of hydrogen-bond donors (Lipinski definition) is 2. The molecule has 2 aliphatic rings. The summed E-state index contributed by atoms with van der Waals surface area (Å²) in [6.45, 7) is 12.9. The molecule has 9 heteroatoms. The van der Waals surface area contributed by atoms with Gasteiger partial charge in [-0.05, 0) is 72.0 Å². The first-order valence-electron chi connectivity index (χ1n) is 13.1. The van der Waals surface area contributed by atoms with Crippen molar-refractivity contribution in [1.82, 2.24) is 4.98 Å². The zero-order chi connectivity index (χ0) is 27.7. The monoisotopic (exact) mass is 538 g/mol. The van der Waals surface area contributed by atoms with Crippen molar-refractivity contribution in [3.05, 3.63) is 21.7 Å². The average molecular weight is 539 g/mol. The number of aryl methyl sites for hydroxylation is 1. The van der Waals surface area contributed by atoms with Crippen molar-refractivity contribution in [2.24, 2.45) is 17.3 Å². The number of aliphatic hydroxyl groups is 2. The van der Waals surface area contributed by atoms with Gasteiger partial charge in [0.15, 0.2) is 6.10 Å². The third-order valence-electron chi connectivity index (χ3n) is 8.24. The first kappa shape index (κ1) is 29.9. The molecule has 0 spiro atoms. The summed E-state index contributed by atoms with van der Waals surface area (Å²) in [6.07, 6.45) is 0.326. The van der Waals surface area contributed by atoms with Crippen molar-refractivity contribution in [3.63, 3.8) is 0 Å². The molecule has 0 amide bonds. The molecule has 1 unspecified atom stereocenters. The van der Waals surface area contributed by atoms with Gasteiger partial charge in [-0.25, -0.2) is 4.98 Å². The lowest BCUT2D eigenvalue weighted by atomic mass is 9.73. The van der Waals surface area contributed by atoms with Crippen molar-refractivity contribution < 1.29 is 34.0 Å². The Balaban J connectivity index is 1.95. The quantitative estimate of drug-likeness (QED) is 0.338. The molecule has 3 N–H and O–H groups in total. The number of thiazole rings is 1. The molecule has 0 aromatic carbocycles. The minimum atomic E-state index is -1.22. The average Bonchev–Trinajstić information content (AvgIpc) is 3.31. The molecule has 2 fully saturated rings. The molecular formula is C28H44NO7S+. The summed E-state index contributed by atoms with van der Waals surface area (Å²) < 4.78 is 18.0. The van der Waals surface area contributed by atoms with Crippen LogP contribution in [0.25, 0.3) is 6.08 Å². The van der Waals surface area contributed by atoms with Gasteiger partial charge in [-0.2, -0.15) is 0 Å². The Hall–Kier alpha value is -1.65. The first-order chi connectivity index (χ1) is 17.2. The van der Waals surface area contributed by atoms with Gasteiger partial charge in [-0.3, -0.25) is 9.59 Å².